The summed E-state index contributed by atoms with van der Waals surface area (Å²) < 4.78 is 0. The van der Waals surface area contributed by atoms with Gasteiger partial charge in [-0.25, -0.2) is 9.97 Å². The molecule has 1 rings (SSSR count). The lowest BCUT2D eigenvalue weighted by Crippen LogP contribution is -2.14. The maximum atomic E-state index is 5.53. The predicted molar refractivity (Wildman–Crippen MR) is 51.2 cm³/mol. The fourth-order valence-corrected chi connectivity index (χ4v) is 0.679. The van der Waals surface area contributed by atoms with E-state index in [1.807, 2.05) is 0 Å². The molecule has 6 heteroatoms. The van der Waals surface area contributed by atoms with Crippen LogP contribution in [0.5, 0.6) is 0 Å². The third kappa shape index (κ3) is 2.89. The maximum Gasteiger partial charge on any atom is 0.152 e. The van der Waals surface area contributed by atoms with Crippen molar-refractivity contribution in [2.45, 2.75) is 0 Å². The standard InChI is InChI=1S/C6H11N5.ClH/c7-1-2-10-6-5(8)3-9-4-11-6;/h3-4H,1-2,7-8H2,(H,9,10,11);1H. The van der Waals surface area contributed by atoms with Gasteiger partial charge in [-0.05, 0) is 0 Å². The van der Waals surface area contributed by atoms with E-state index in [0.717, 1.165) is 0 Å². The van der Waals surface area contributed by atoms with E-state index in [0.29, 0.717) is 24.6 Å². The molecule has 5 nitrogen and oxygen atoms in total. The molecule has 0 radical (unpaired) electrons. The molecule has 68 valence electrons. The number of nitrogens with one attached hydrogen (secondary N) is 1. The van der Waals surface area contributed by atoms with Gasteiger partial charge in [-0.3, -0.25) is 0 Å². The van der Waals surface area contributed by atoms with Crippen LogP contribution in [-0.2, 0) is 0 Å². The second-order valence-electron chi connectivity index (χ2n) is 2.04. The molecular formula is C6H12ClN5. The number of nitrogens with two attached hydrogens (primary N) is 2. The molecule has 0 atom stereocenters. The Morgan fingerprint density at radius 3 is 2.83 bits per heavy atom. The lowest BCUT2D eigenvalue weighted by atomic mass is 10.5. The summed E-state index contributed by atoms with van der Waals surface area (Å²) in [5.41, 5.74) is 11.4. The molecule has 0 unspecified atom stereocenters. The van der Waals surface area contributed by atoms with Gasteiger partial charge in [0.15, 0.2) is 5.82 Å². The Morgan fingerprint density at radius 2 is 2.25 bits per heavy atom. The highest BCUT2D eigenvalue weighted by Gasteiger charge is 1.95. The number of nitrogens with zero attached hydrogens (tertiary/aromatic N) is 2. The zero-order valence-corrected chi connectivity index (χ0v) is 7.34. The van der Waals surface area contributed by atoms with E-state index < -0.39 is 0 Å². The highest BCUT2D eigenvalue weighted by atomic mass is 35.5. The van der Waals surface area contributed by atoms with Crippen molar-refractivity contribution in [3.8, 4) is 0 Å². The summed E-state index contributed by atoms with van der Waals surface area (Å²) in [6, 6.07) is 0. The number of rotatable bonds is 3. The second kappa shape index (κ2) is 5.56. The molecule has 0 bridgehead atoms. The van der Waals surface area contributed by atoms with Crippen LogP contribution in [0.25, 0.3) is 0 Å². The molecule has 0 aliphatic rings. The number of aromatic nitrogens is 2. The van der Waals surface area contributed by atoms with Crippen LogP contribution in [0.2, 0.25) is 0 Å². The first-order chi connectivity index (χ1) is 5.34. The van der Waals surface area contributed by atoms with Gasteiger partial charge in [-0.15, -0.1) is 12.4 Å². The molecule has 5 N–H and O–H groups in total. The van der Waals surface area contributed by atoms with Crippen molar-refractivity contribution in [2.75, 3.05) is 24.1 Å². The van der Waals surface area contributed by atoms with Crippen molar-refractivity contribution < 1.29 is 0 Å². The number of hydrogen-bond donors (Lipinski definition) is 3. The minimum atomic E-state index is 0. The minimum absolute atomic E-state index is 0. The highest BCUT2D eigenvalue weighted by molar-refractivity contribution is 5.85. The van der Waals surface area contributed by atoms with Gasteiger partial charge in [0.25, 0.3) is 0 Å². The Morgan fingerprint density at radius 1 is 1.50 bits per heavy atom. The Hall–Kier alpha value is -1.07. The molecule has 0 fully saturated rings. The van der Waals surface area contributed by atoms with Crippen LogP contribution in [0.15, 0.2) is 12.5 Å². The monoisotopic (exact) mass is 189 g/mol. The largest absolute Gasteiger partial charge is 0.394 e. The third-order valence-electron chi connectivity index (χ3n) is 1.18. The van der Waals surface area contributed by atoms with Gasteiger partial charge in [0.2, 0.25) is 0 Å². The predicted octanol–water partition coefficient (Wildman–Crippen LogP) is -0.149. The first kappa shape index (κ1) is 10.9. The van der Waals surface area contributed by atoms with Gasteiger partial charge >= 0.3 is 0 Å². The van der Waals surface area contributed by atoms with Crippen LogP contribution in [0, 0.1) is 0 Å². The highest BCUT2D eigenvalue weighted by Crippen LogP contribution is 2.09. The molecule has 1 aromatic rings. The molecular weight excluding hydrogens is 178 g/mol. The lowest BCUT2D eigenvalue weighted by Gasteiger charge is -2.04. The second-order valence-corrected chi connectivity index (χ2v) is 2.04. The number of halogens is 1. The minimum Gasteiger partial charge on any atom is -0.394 e. The molecule has 0 aliphatic heterocycles. The van der Waals surface area contributed by atoms with Crippen molar-refractivity contribution in [1.29, 1.82) is 0 Å². The molecule has 0 aromatic carbocycles. The van der Waals surface area contributed by atoms with E-state index in [2.05, 4.69) is 15.3 Å². The molecule has 1 heterocycles. The SMILES string of the molecule is Cl.NCCNc1ncncc1N. The van der Waals surface area contributed by atoms with Gasteiger partial charge < -0.3 is 16.8 Å². The van der Waals surface area contributed by atoms with Crippen LogP contribution in [-0.4, -0.2) is 23.1 Å². The number of nitrogen functional groups attached to an aromatic ring is 1. The lowest BCUT2D eigenvalue weighted by molar-refractivity contribution is 1.01. The fourth-order valence-electron chi connectivity index (χ4n) is 0.679. The quantitative estimate of drug-likeness (QED) is 0.616. The summed E-state index contributed by atoms with van der Waals surface area (Å²) in [5.74, 6) is 0.644. The van der Waals surface area contributed by atoms with E-state index in [4.69, 9.17) is 11.5 Å². The summed E-state index contributed by atoms with van der Waals surface area (Å²) in [6.45, 7) is 1.23. The number of anilines is 2. The van der Waals surface area contributed by atoms with Gasteiger partial charge in [-0.2, -0.15) is 0 Å². The molecule has 0 aliphatic carbocycles. The van der Waals surface area contributed by atoms with Crippen molar-refractivity contribution >= 4 is 23.9 Å². The van der Waals surface area contributed by atoms with Crippen LogP contribution in [0.3, 0.4) is 0 Å². The van der Waals surface area contributed by atoms with E-state index >= 15 is 0 Å². The Kier molecular flexibility index (Phi) is 5.07. The van der Waals surface area contributed by atoms with Crippen molar-refractivity contribution in [2.24, 2.45) is 5.73 Å². The topological polar surface area (TPSA) is 89.8 Å². The van der Waals surface area contributed by atoms with Gasteiger partial charge in [0, 0.05) is 13.1 Å². The number of hydrogen-bond acceptors (Lipinski definition) is 5. The summed E-state index contributed by atoms with van der Waals surface area (Å²) in [4.78, 5) is 7.66. The zero-order chi connectivity index (χ0) is 8.10. The van der Waals surface area contributed by atoms with Crippen LogP contribution in [0.4, 0.5) is 11.5 Å². The van der Waals surface area contributed by atoms with Crippen molar-refractivity contribution in [3.63, 3.8) is 0 Å². The molecule has 0 spiro atoms. The van der Waals surface area contributed by atoms with Crippen molar-refractivity contribution in [1.82, 2.24) is 9.97 Å². The fraction of sp³-hybridized carbons (Fsp3) is 0.333. The summed E-state index contributed by atoms with van der Waals surface area (Å²) in [5, 5.41) is 2.96. The molecule has 0 saturated carbocycles. The van der Waals surface area contributed by atoms with E-state index in [1.54, 1.807) is 6.20 Å². The normalized spacial score (nSPS) is 8.75. The summed E-state index contributed by atoms with van der Waals surface area (Å²) in [6.07, 6.45) is 2.99. The van der Waals surface area contributed by atoms with Gasteiger partial charge in [0.1, 0.15) is 6.33 Å². The third-order valence-corrected chi connectivity index (χ3v) is 1.18. The first-order valence-corrected chi connectivity index (χ1v) is 3.34. The van der Waals surface area contributed by atoms with E-state index in [9.17, 15) is 0 Å². The Balaban J connectivity index is 0.00000121. The first-order valence-electron chi connectivity index (χ1n) is 3.34. The molecule has 1 aromatic heterocycles. The smallest absolute Gasteiger partial charge is 0.152 e. The average molecular weight is 190 g/mol. The van der Waals surface area contributed by atoms with Gasteiger partial charge in [0.05, 0.1) is 11.9 Å². The molecule has 0 saturated heterocycles. The van der Waals surface area contributed by atoms with Crippen LogP contribution in [0.1, 0.15) is 0 Å². The van der Waals surface area contributed by atoms with Crippen molar-refractivity contribution in [3.05, 3.63) is 12.5 Å². The summed E-state index contributed by atoms with van der Waals surface area (Å²) in [7, 11) is 0. The average Bonchev–Trinajstić information content (AvgIpc) is 2.03. The van der Waals surface area contributed by atoms with E-state index in [1.165, 1.54) is 6.33 Å². The zero-order valence-electron chi connectivity index (χ0n) is 6.53. The van der Waals surface area contributed by atoms with Gasteiger partial charge in [-0.1, -0.05) is 0 Å². The molecule has 12 heavy (non-hydrogen) atoms. The summed E-state index contributed by atoms with van der Waals surface area (Å²) >= 11 is 0. The van der Waals surface area contributed by atoms with Crippen LogP contribution < -0.4 is 16.8 Å². The Bertz CT molecular complexity index is 229. The molecule has 0 amide bonds. The van der Waals surface area contributed by atoms with E-state index in [-0.39, 0.29) is 12.4 Å². The maximum absolute atomic E-state index is 5.53. The van der Waals surface area contributed by atoms with Crippen LogP contribution >= 0.6 is 12.4 Å². The Labute approximate surface area is 77.0 Å².